The molecule has 0 aromatic heterocycles. The predicted molar refractivity (Wildman–Crippen MR) is 178 cm³/mol. The fourth-order valence-corrected chi connectivity index (χ4v) is 5.10. The van der Waals surface area contributed by atoms with Crippen LogP contribution in [0.25, 0.3) is 0 Å². The SMILES string of the molecule is CCCCC/C=C\C\C=C/C=C/C=C/[C@@H](SC[C@H](N)C(=O)O[C@@H](CO)COC(=O)CCCCCCC)[C@@H](O)CCCC(=O)O. The Hall–Kier alpha value is -2.40. The first-order valence-corrected chi connectivity index (χ1v) is 17.2. The fraction of sp³-hybridized carbons (Fsp3) is 0.676. The van der Waals surface area contributed by atoms with Crippen LogP contribution >= 0.6 is 11.8 Å². The highest BCUT2D eigenvalue weighted by atomic mass is 32.2. The first-order valence-electron chi connectivity index (χ1n) is 16.1. The minimum absolute atomic E-state index is 0.0479. The van der Waals surface area contributed by atoms with Crippen molar-refractivity contribution < 1.29 is 39.2 Å². The average molecular weight is 640 g/mol. The molecule has 0 bridgehead atoms. The lowest BCUT2D eigenvalue weighted by molar-refractivity contribution is -0.162. The van der Waals surface area contributed by atoms with Crippen LogP contribution in [0.2, 0.25) is 0 Å². The summed E-state index contributed by atoms with van der Waals surface area (Å²) in [6.45, 7) is 3.54. The molecule has 0 aliphatic heterocycles. The summed E-state index contributed by atoms with van der Waals surface area (Å²) in [7, 11) is 0. The number of aliphatic hydroxyl groups is 2. The number of thioether (sulfide) groups is 1. The van der Waals surface area contributed by atoms with E-state index >= 15 is 0 Å². The normalized spacial score (nSPS) is 14.8. The molecule has 0 heterocycles. The number of carbonyl (C=O) groups excluding carboxylic acids is 2. The molecule has 0 aliphatic rings. The third-order valence-electron chi connectivity index (χ3n) is 6.63. The largest absolute Gasteiger partial charge is 0.481 e. The van der Waals surface area contributed by atoms with Gasteiger partial charge in [-0.3, -0.25) is 14.4 Å². The van der Waals surface area contributed by atoms with E-state index in [-0.39, 0.29) is 31.6 Å². The molecule has 0 aromatic rings. The van der Waals surface area contributed by atoms with Crippen molar-refractivity contribution in [2.75, 3.05) is 19.0 Å². The van der Waals surface area contributed by atoms with Crippen molar-refractivity contribution in [1.29, 1.82) is 0 Å². The van der Waals surface area contributed by atoms with Gasteiger partial charge in [-0.05, 0) is 38.5 Å². The third kappa shape index (κ3) is 25.0. The number of carbonyl (C=O) groups is 3. The lowest BCUT2D eigenvalue weighted by atomic mass is 10.1. The van der Waals surface area contributed by atoms with Crippen LogP contribution in [0.5, 0.6) is 0 Å². The number of rotatable bonds is 28. The van der Waals surface area contributed by atoms with Crippen molar-refractivity contribution in [1.82, 2.24) is 0 Å². The first-order chi connectivity index (χ1) is 21.2. The van der Waals surface area contributed by atoms with Crippen LogP contribution in [0.4, 0.5) is 0 Å². The van der Waals surface area contributed by atoms with Crippen LogP contribution in [0.15, 0.2) is 48.6 Å². The zero-order chi connectivity index (χ0) is 32.8. The molecule has 0 saturated heterocycles. The standard InChI is InChI=1S/C34H57NO8S/c1-3-5-7-9-10-11-12-13-14-15-17-18-22-31(30(37)21-20-23-32(38)39)44-27-29(35)34(41)43-28(25-36)26-42-33(40)24-19-16-8-6-4-2/h10-11,13-15,17-18,22,28-31,36-37H,3-9,12,16,19-21,23-27,35H2,1-2H3,(H,38,39)/b11-10-,14-13-,17-15+,22-18+/t28-,29-,30-,31+/m0/s1. The molecule has 0 amide bonds. The number of carboxylic acids is 1. The van der Waals surface area contributed by atoms with Crippen molar-refractivity contribution in [2.45, 2.75) is 127 Å². The first kappa shape index (κ1) is 41.6. The smallest absolute Gasteiger partial charge is 0.324 e. The van der Waals surface area contributed by atoms with Gasteiger partial charge in [-0.2, -0.15) is 0 Å². The molecule has 0 spiro atoms. The van der Waals surface area contributed by atoms with Gasteiger partial charge in [0.2, 0.25) is 0 Å². The minimum atomic E-state index is -1.04. The van der Waals surface area contributed by atoms with E-state index in [0.29, 0.717) is 6.42 Å². The molecular weight excluding hydrogens is 582 g/mol. The van der Waals surface area contributed by atoms with Gasteiger partial charge in [0.15, 0.2) is 6.10 Å². The van der Waals surface area contributed by atoms with E-state index in [4.69, 9.17) is 20.3 Å². The molecular formula is C34H57NO8S. The Morgan fingerprint density at radius 1 is 0.864 bits per heavy atom. The summed E-state index contributed by atoms with van der Waals surface area (Å²) in [6, 6.07) is -1.04. The molecule has 0 rings (SSSR count). The Kier molecular flexibility index (Phi) is 27.7. The number of ether oxygens (including phenoxy) is 2. The Balaban J connectivity index is 4.83. The summed E-state index contributed by atoms with van der Waals surface area (Å²) in [6.07, 6.45) is 25.3. The Bertz CT molecular complexity index is 873. The topological polar surface area (TPSA) is 156 Å². The summed E-state index contributed by atoms with van der Waals surface area (Å²) in [5.74, 6) is -1.96. The van der Waals surface area contributed by atoms with Gasteiger partial charge in [0.25, 0.3) is 0 Å². The molecule has 4 atom stereocenters. The molecule has 10 heteroatoms. The molecule has 0 unspecified atom stereocenters. The van der Waals surface area contributed by atoms with Gasteiger partial charge in [0, 0.05) is 23.8 Å². The molecule has 252 valence electrons. The van der Waals surface area contributed by atoms with E-state index < -0.39 is 48.0 Å². The second-order valence-electron chi connectivity index (χ2n) is 10.7. The van der Waals surface area contributed by atoms with Crippen LogP contribution in [-0.4, -0.2) is 75.7 Å². The van der Waals surface area contributed by atoms with Crippen molar-refractivity contribution in [3.05, 3.63) is 48.6 Å². The molecule has 9 nitrogen and oxygen atoms in total. The molecule has 0 fully saturated rings. The Morgan fingerprint density at radius 3 is 2.27 bits per heavy atom. The van der Waals surface area contributed by atoms with Crippen molar-refractivity contribution in [3.8, 4) is 0 Å². The maximum absolute atomic E-state index is 12.6. The van der Waals surface area contributed by atoms with Crippen molar-refractivity contribution in [2.24, 2.45) is 5.73 Å². The number of unbranched alkanes of at least 4 members (excludes halogenated alkanes) is 7. The summed E-state index contributed by atoms with van der Waals surface area (Å²) < 4.78 is 10.4. The number of hydrogen-bond acceptors (Lipinski definition) is 9. The van der Waals surface area contributed by atoms with Crippen molar-refractivity contribution >= 4 is 29.7 Å². The molecule has 0 saturated carbocycles. The van der Waals surface area contributed by atoms with E-state index in [0.717, 1.165) is 44.9 Å². The van der Waals surface area contributed by atoms with Crippen LogP contribution < -0.4 is 5.73 Å². The van der Waals surface area contributed by atoms with E-state index in [2.05, 4.69) is 26.0 Å². The lowest BCUT2D eigenvalue weighted by Gasteiger charge is -2.22. The van der Waals surface area contributed by atoms with Crippen molar-refractivity contribution in [3.63, 3.8) is 0 Å². The second kappa shape index (κ2) is 29.3. The number of carboxylic acid groups (broad SMARTS) is 1. The third-order valence-corrected chi connectivity index (χ3v) is 8.03. The predicted octanol–water partition coefficient (Wildman–Crippen LogP) is 6.03. The fourth-order valence-electron chi connectivity index (χ4n) is 3.97. The zero-order valence-electron chi connectivity index (χ0n) is 26.8. The van der Waals surface area contributed by atoms with Crippen LogP contribution in [0.1, 0.15) is 104 Å². The highest BCUT2D eigenvalue weighted by molar-refractivity contribution is 8.00. The van der Waals surface area contributed by atoms with Gasteiger partial charge in [0.05, 0.1) is 12.7 Å². The Labute approximate surface area is 269 Å². The summed E-state index contributed by atoms with van der Waals surface area (Å²) in [4.78, 5) is 35.4. The molecule has 0 aliphatic carbocycles. The highest BCUT2D eigenvalue weighted by Gasteiger charge is 2.24. The molecule has 0 radical (unpaired) electrons. The molecule has 44 heavy (non-hydrogen) atoms. The van der Waals surface area contributed by atoms with Gasteiger partial charge >= 0.3 is 17.9 Å². The number of allylic oxidation sites excluding steroid dienone is 7. The summed E-state index contributed by atoms with van der Waals surface area (Å²) >= 11 is 1.26. The number of aliphatic hydroxyl groups excluding tert-OH is 2. The van der Waals surface area contributed by atoms with E-state index in [1.165, 1.54) is 31.0 Å². The maximum atomic E-state index is 12.6. The Morgan fingerprint density at radius 2 is 1.57 bits per heavy atom. The molecule has 0 aromatic carbocycles. The van der Waals surface area contributed by atoms with E-state index in [1.54, 1.807) is 12.2 Å². The van der Waals surface area contributed by atoms with Crippen LogP contribution in [0, 0.1) is 0 Å². The average Bonchev–Trinajstić information content (AvgIpc) is 3.00. The quantitative estimate of drug-likeness (QED) is 0.0345. The number of nitrogens with two attached hydrogens (primary N) is 1. The highest BCUT2D eigenvalue weighted by Crippen LogP contribution is 2.21. The number of esters is 2. The zero-order valence-corrected chi connectivity index (χ0v) is 27.6. The van der Waals surface area contributed by atoms with Gasteiger partial charge in [-0.15, -0.1) is 11.8 Å². The van der Waals surface area contributed by atoms with Crippen LogP contribution in [0.3, 0.4) is 0 Å². The molecule has 5 N–H and O–H groups in total. The maximum Gasteiger partial charge on any atom is 0.324 e. The van der Waals surface area contributed by atoms with E-state index in [1.807, 2.05) is 24.3 Å². The lowest BCUT2D eigenvalue weighted by Crippen LogP contribution is -2.40. The summed E-state index contributed by atoms with van der Waals surface area (Å²) in [5.41, 5.74) is 6.04. The van der Waals surface area contributed by atoms with Gasteiger partial charge < -0.3 is 30.5 Å². The van der Waals surface area contributed by atoms with E-state index in [9.17, 15) is 24.6 Å². The monoisotopic (exact) mass is 639 g/mol. The summed E-state index contributed by atoms with van der Waals surface area (Å²) in [5, 5.41) is 28.8. The minimum Gasteiger partial charge on any atom is -0.481 e. The van der Waals surface area contributed by atoms with Gasteiger partial charge in [0.1, 0.15) is 12.6 Å². The van der Waals surface area contributed by atoms with Crippen LogP contribution in [-0.2, 0) is 23.9 Å². The van der Waals surface area contributed by atoms with Gasteiger partial charge in [-0.25, -0.2) is 0 Å². The second-order valence-corrected chi connectivity index (χ2v) is 12.0. The number of aliphatic carboxylic acids is 1. The van der Waals surface area contributed by atoms with Gasteiger partial charge in [-0.1, -0.05) is 101 Å². The number of hydrogen-bond donors (Lipinski definition) is 4.